The number of hydrogen-bond donors (Lipinski definition) is 1. The molecule has 3 rings (SSSR count). The third kappa shape index (κ3) is 5.04. The Hall–Kier alpha value is -2.99. The fourth-order valence-electron chi connectivity index (χ4n) is 2.67. The molecule has 2 aromatic carbocycles. The minimum atomic E-state index is -0.368. The number of carbonyl (C=O) groups excluding carboxylic acids is 1. The fourth-order valence-corrected chi connectivity index (χ4v) is 2.79. The molecule has 1 heterocycles. The first-order valence-electron chi connectivity index (χ1n) is 8.82. The predicted octanol–water partition coefficient (Wildman–Crippen LogP) is 4.43. The lowest BCUT2D eigenvalue weighted by molar-refractivity contribution is -0.116. The van der Waals surface area contributed by atoms with E-state index in [-0.39, 0.29) is 23.7 Å². The Kier molecular flexibility index (Phi) is 6.21. The Morgan fingerprint density at radius 3 is 2.61 bits per heavy atom. The van der Waals surface area contributed by atoms with Gasteiger partial charge in [-0.15, -0.1) is 0 Å². The summed E-state index contributed by atoms with van der Waals surface area (Å²) in [5.41, 5.74) is 2.18. The van der Waals surface area contributed by atoms with Gasteiger partial charge in [-0.05, 0) is 49.2 Å². The van der Waals surface area contributed by atoms with Crippen LogP contribution >= 0.6 is 11.6 Å². The summed E-state index contributed by atoms with van der Waals surface area (Å²) in [7, 11) is 0. The molecule has 3 aromatic rings. The number of benzene rings is 2. The van der Waals surface area contributed by atoms with E-state index in [1.54, 1.807) is 37.3 Å². The molecule has 0 unspecified atom stereocenters. The second kappa shape index (κ2) is 8.80. The molecular weight excluding hydrogens is 381 g/mol. The maximum Gasteiger partial charge on any atom is 0.266 e. The van der Waals surface area contributed by atoms with Crippen LogP contribution in [0.15, 0.2) is 59.4 Å². The third-order valence-electron chi connectivity index (χ3n) is 4.24. The SMILES string of the molecule is Cc1ccc(NC(=O)CCCn2nc(-c3ccc(Cl)cc3)ccc2=O)cc1F. The van der Waals surface area contributed by atoms with Gasteiger partial charge in [-0.1, -0.05) is 29.8 Å². The molecule has 0 saturated heterocycles. The maximum absolute atomic E-state index is 13.5. The normalized spacial score (nSPS) is 10.7. The van der Waals surface area contributed by atoms with Crippen molar-refractivity contribution in [2.75, 3.05) is 5.32 Å². The van der Waals surface area contributed by atoms with Gasteiger partial charge in [0.25, 0.3) is 5.56 Å². The molecule has 0 bridgehead atoms. The van der Waals surface area contributed by atoms with Gasteiger partial charge in [0, 0.05) is 35.3 Å². The standard InChI is InChI=1S/C21H19ClFN3O2/c1-14-4-9-17(13-18(14)23)24-20(27)3-2-12-26-21(28)11-10-19(25-26)15-5-7-16(22)8-6-15/h4-11,13H,2-3,12H2,1H3,(H,24,27). The first-order valence-corrected chi connectivity index (χ1v) is 9.20. The summed E-state index contributed by atoms with van der Waals surface area (Å²) in [4.78, 5) is 24.1. The van der Waals surface area contributed by atoms with Gasteiger partial charge in [0.05, 0.1) is 5.69 Å². The van der Waals surface area contributed by atoms with Crippen LogP contribution in [0.3, 0.4) is 0 Å². The largest absolute Gasteiger partial charge is 0.326 e. The molecule has 0 fully saturated rings. The van der Waals surface area contributed by atoms with Crippen molar-refractivity contribution in [3.8, 4) is 11.3 Å². The van der Waals surface area contributed by atoms with Crippen LogP contribution in [0.4, 0.5) is 10.1 Å². The second-order valence-corrected chi connectivity index (χ2v) is 6.84. The van der Waals surface area contributed by atoms with Crippen LogP contribution in [-0.2, 0) is 11.3 Å². The van der Waals surface area contributed by atoms with Gasteiger partial charge in [-0.2, -0.15) is 5.10 Å². The summed E-state index contributed by atoms with van der Waals surface area (Å²) in [6.07, 6.45) is 0.617. The lowest BCUT2D eigenvalue weighted by Crippen LogP contribution is -2.23. The van der Waals surface area contributed by atoms with E-state index in [0.717, 1.165) is 5.56 Å². The molecule has 0 atom stereocenters. The summed E-state index contributed by atoms with van der Waals surface area (Å²) in [5.74, 6) is -0.613. The van der Waals surface area contributed by atoms with Crippen LogP contribution in [-0.4, -0.2) is 15.7 Å². The van der Waals surface area contributed by atoms with Gasteiger partial charge in [0.1, 0.15) is 5.82 Å². The van der Waals surface area contributed by atoms with Crippen molar-refractivity contribution in [3.05, 3.63) is 81.4 Å². The molecule has 0 aliphatic carbocycles. The van der Waals surface area contributed by atoms with E-state index in [1.807, 2.05) is 12.1 Å². The summed E-state index contributed by atoms with van der Waals surface area (Å²) >= 11 is 5.89. The predicted molar refractivity (Wildman–Crippen MR) is 108 cm³/mol. The van der Waals surface area contributed by atoms with Crippen molar-refractivity contribution in [1.82, 2.24) is 9.78 Å². The summed E-state index contributed by atoms with van der Waals surface area (Å²) in [5, 5.41) is 7.63. The smallest absolute Gasteiger partial charge is 0.266 e. The van der Waals surface area contributed by atoms with E-state index in [4.69, 9.17) is 11.6 Å². The highest BCUT2D eigenvalue weighted by atomic mass is 35.5. The first-order chi connectivity index (χ1) is 13.4. The van der Waals surface area contributed by atoms with Crippen molar-refractivity contribution in [1.29, 1.82) is 0 Å². The number of carbonyl (C=O) groups is 1. The van der Waals surface area contributed by atoms with Crippen LogP contribution in [0.2, 0.25) is 5.02 Å². The number of aryl methyl sites for hydroxylation is 2. The molecule has 0 aliphatic rings. The molecule has 28 heavy (non-hydrogen) atoms. The lowest BCUT2D eigenvalue weighted by Gasteiger charge is -2.08. The molecule has 5 nitrogen and oxygen atoms in total. The average Bonchev–Trinajstić information content (AvgIpc) is 2.67. The molecule has 1 amide bonds. The Bertz CT molecular complexity index is 1050. The average molecular weight is 400 g/mol. The number of rotatable bonds is 6. The number of aromatic nitrogens is 2. The van der Waals surface area contributed by atoms with Crippen LogP contribution in [0, 0.1) is 12.7 Å². The Balaban J connectivity index is 1.60. The molecule has 7 heteroatoms. The third-order valence-corrected chi connectivity index (χ3v) is 4.49. The highest BCUT2D eigenvalue weighted by molar-refractivity contribution is 6.30. The number of nitrogens with one attached hydrogen (secondary N) is 1. The number of amides is 1. The van der Waals surface area contributed by atoms with Crippen LogP contribution in [0.5, 0.6) is 0 Å². The fraction of sp³-hybridized carbons (Fsp3) is 0.190. The van der Waals surface area contributed by atoms with E-state index >= 15 is 0 Å². The minimum absolute atomic E-state index is 0.189. The Morgan fingerprint density at radius 2 is 1.89 bits per heavy atom. The summed E-state index contributed by atoms with van der Waals surface area (Å²) in [6, 6.07) is 14.8. The molecule has 0 radical (unpaired) electrons. The zero-order valence-corrected chi connectivity index (χ0v) is 16.0. The van der Waals surface area contributed by atoms with Crippen molar-refractivity contribution in [2.24, 2.45) is 0 Å². The van der Waals surface area contributed by atoms with Gasteiger partial charge in [0.15, 0.2) is 0 Å². The van der Waals surface area contributed by atoms with E-state index in [9.17, 15) is 14.0 Å². The second-order valence-electron chi connectivity index (χ2n) is 6.40. The summed E-state index contributed by atoms with van der Waals surface area (Å²) < 4.78 is 14.9. The topological polar surface area (TPSA) is 64.0 Å². The van der Waals surface area contributed by atoms with Crippen molar-refractivity contribution >= 4 is 23.2 Å². The Morgan fingerprint density at radius 1 is 1.14 bits per heavy atom. The van der Waals surface area contributed by atoms with Crippen molar-refractivity contribution < 1.29 is 9.18 Å². The molecule has 0 aliphatic heterocycles. The monoisotopic (exact) mass is 399 g/mol. The van der Waals surface area contributed by atoms with Gasteiger partial charge in [0.2, 0.25) is 5.91 Å². The molecule has 1 N–H and O–H groups in total. The van der Waals surface area contributed by atoms with Gasteiger partial charge in [-0.25, -0.2) is 9.07 Å². The van der Waals surface area contributed by atoms with Crippen LogP contribution < -0.4 is 10.9 Å². The first kappa shape index (κ1) is 19.8. The van der Waals surface area contributed by atoms with Gasteiger partial charge >= 0.3 is 0 Å². The van der Waals surface area contributed by atoms with E-state index in [1.165, 1.54) is 16.8 Å². The lowest BCUT2D eigenvalue weighted by atomic mass is 10.1. The van der Waals surface area contributed by atoms with E-state index < -0.39 is 0 Å². The highest BCUT2D eigenvalue weighted by Gasteiger charge is 2.07. The maximum atomic E-state index is 13.5. The van der Waals surface area contributed by atoms with Crippen LogP contribution in [0.1, 0.15) is 18.4 Å². The van der Waals surface area contributed by atoms with Crippen LogP contribution in [0.25, 0.3) is 11.3 Å². The molecule has 144 valence electrons. The molecule has 0 saturated carbocycles. The molecular formula is C21H19ClFN3O2. The highest BCUT2D eigenvalue weighted by Crippen LogP contribution is 2.18. The number of nitrogens with zero attached hydrogens (tertiary/aromatic N) is 2. The number of hydrogen-bond acceptors (Lipinski definition) is 3. The summed E-state index contributed by atoms with van der Waals surface area (Å²) in [6.45, 7) is 1.96. The van der Waals surface area contributed by atoms with Crippen molar-refractivity contribution in [3.63, 3.8) is 0 Å². The van der Waals surface area contributed by atoms with Crippen molar-refractivity contribution in [2.45, 2.75) is 26.3 Å². The molecule has 1 aromatic heterocycles. The molecule has 0 spiro atoms. The zero-order valence-electron chi connectivity index (χ0n) is 15.3. The van der Waals surface area contributed by atoms with Gasteiger partial charge in [-0.3, -0.25) is 9.59 Å². The Labute approximate surface area is 166 Å². The minimum Gasteiger partial charge on any atom is -0.326 e. The van der Waals surface area contributed by atoms with E-state index in [2.05, 4.69) is 10.4 Å². The number of anilines is 1. The number of halogens is 2. The quantitative estimate of drug-likeness (QED) is 0.666. The zero-order chi connectivity index (χ0) is 20.1. The van der Waals surface area contributed by atoms with Gasteiger partial charge < -0.3 is 5.32 Å². The van der Waals surface area contributed by atoms with E-state index in [0.29, 0.717) is 34.9 Å².